The SMILES string of the molecule is CC(CNS(=O)(=O)c1cccc(C#N)c1)N1CCN(c2ccccc2)CC1. The van der Waals surface area contributed by atoms with Crippen LogP contribution in [-0.2, 0) is 10.0 Å². The van der Waals surface area contributed by atoms with E-state index in [1.165, 1.54) is 17.8 Å². The predicted molar refractivity (Wildman–Crippen MR) is 106 cm³/mol. The van der Waals surface area contributed by atoms with Gasteiger partial charge in [0.15, 0.2) is 0 Å². The third-order valence-corrected chi connectivity index (χ3v) is 6.32. The summed E-state index contributed by atoms with van der Waals surface area (Å²) in [6, 6.07) is 18.5. The maximum atomic E-state index is 12.5. The van der Waals surface area contributed by atoms with Crippen LogP contribution in [0.1, 0.15) is 12.5 Å². The van der Waals surface area contributed by atoms with Gasteiger partial charge in [-0.05, 0) is 37.3 Å². The summed E-state index contributed by atoms with van der Waals surface area (Å²) in [5.74, 6) is 0. The van der Waals surface area contributed by atoms with Crippen LogP contribution in [-0.4, -0.2) is 52.1 Å². The largest absolute Gasteiger partial charge is 0.369 e. The summed E-state index contributed by atoms with van der Waals surface area (Å²) in [6.45, 7) is 6.00. The van der Waals surface area contributed by atoms with Crippen LogP contribution in [0.2, 0.25) is 0 Å². The van der Waals surface area contributed by atoms with Crippen LogP contribution in [0.25, 0.3) is 0 Å². The topological polar surface area (TPSA) is 76.4 Å². The van der Waals surface area contributed by atoms with E-state index >= 15 is 0 Å². The smallest absolute Gasteiger partial charge is 0.240 e. The van der Waals surface area contributed by atoms with Gasteiger partial charge in [-0.3, -0.25) is 4.90 Å². The fraction of sp³-hybridized carbons (Fsp3) is 0.350. The molecular weight excluding hydrogens is 360 g/mol. The molecule has 27 heavy (non-hydrogen) atoms. The fourth-order valence-corrected chi connectivity index (χ4v) is 4.40. The number of rotatable bonds is 6. The van der Waals surface area contributed by atoms with Crippen molar-refractivity contribution >= 4 is 15.7 Å². The number of nitrogens with zero attached hydrogens (tertiary/aromatic N) is 3. The standard InChI is InChI=1S/C20H24N4O2S/c1-17(16-22-27(25,26)20-9-5-6-18(14-20)15-21)23-10-12-24(13-11-23)19-7-3-2-4-8-19/h2-9,14,17,22H,10-13,16H2,1H3. The third kappa shape index (κ3) is 4.86. The van der Waals surface area contributed by atoms with E-state index in [0.717, 1.165) is 26.2 Å². The van der Waals surface area contributed by atoms with Crippen LogP contribution in [0.5, 0.6) is 0 Å². The van der Waals surface area contributed by atoms with E-state index in [2.05, 4.69) is 26.7 Å². The molecule has 3 rings (SSSR count). The number of hydrogen-bond acceptors (Lipinski definition) is 5. The second kappa shape index (κ2) is 8.53. The third-order valence-electron chi connectivity index (χ3n) is 4.90. The van der Waals surface area contributed by atoms with Gasteiger partial charge in [-0.25, -0.2) is 13.1 Å². The lowest BCUT2D eigenvalue weighted by Crippen LogP contribution is -2.52. The summed E-state index contributed by atoms with van der Waals surface area (Å²) in [5, 5.41) is 8.94. The molecule has 0 saturated carbocycles. The Morgan fingerprint density at radius 1 is 1.07 bits per heavy atom. The summed E-state index contributed by atoms with van der Waals surface area (Å²) in [6.07, 6.45) is 0. The van der Waals surface area contributed by atoms with Crippen LogP contribution in [0.15, 0.2) is 59.5 Å². The van der Waals surface area contributed by atoms with E-state index in [9.17, 15) is 8.42 Å². The number of nitriles is 1. The highest BCUT2D eigenvalue weighted by molar-refractivity contribution is 7.89. The van der Waals surface area contributed by atoms with E-state index < -0.39 is 10.0 Å². The quantitative estimate of drug-likeness (QED) is 0.825. The van der Waals surface area contributed by atoms with Crippen molar-refractivity contribution in [2.75, 3.05) is 37.6 Å². The van der Waals surface area contributed by atoms with Crippen molar-refractivity contribution in [2.24, 2.45) is 0 Å². The molecule has 2 aromatic rings. The maximum absolute atomic E-state index is 12.5. The van der Waals surface area contributed by atoms with Crippen molar-refractivity contribution in [2.45, 2.75) is 17.9 Å². The number of para-hydroxylation sites is 1. The molecular formula is C20H24N4O2S. The number of sulfonamides is 1. The first-order valence-corrected chi connectivity index (χ1v) is 10.5. The summed E-state index contributed by atoms with van der Waals surface area (Å²) < 4.78 is 27.6. The molecule has 142 valence electrons. The average Bonchev–Trinajstić information content (AvgIpc) is 2.73. The highest BCUT2D eigenvalue weighted by Crippen LogP contribution is 2.17. The Balaban J connectivity index is 1.54. The first kappa shape index (κ1) is 19.4. The first-order valence-electron chi connectivity index (χ1n) is 9.03. The molecule has 0 aromatic heterocycles. The molecule has 1 saturated heterocycles. The molecule has 0 aliphatic carbocycles. The summed E-state index contributed by atoms with van der Waals surface area (Å²) in [5.41, 5.74) is 1.56. The number of piperazine rings is 1. The molecule has 0 bridgehead atoms. The van der Waals surface area contributed by atoms with Crippen molar-refractivity contribution in [3.8, 4) is 6.07 Å². The first-order chi connectivity index (χ1) is 13.0. The molecule has 1 heterocycles. The monoisotopic (exact) mass is 384 g/mol. The number of hydrogen-bond donors (Lipinski definition) is 1. The van der Waals surface area contributed by atoms with Crippen molar-refractivity contribution < 1.29 is 8.42 Å². The lowest BCUT2D eigenvalue weighted by molar-refractivity contribution is 0.198. The molecule has 7 heteroatoms. The van der Waals surface area contributed by atoms with E-state index in [0.29, 0.717) is 12.1 Å². The van der Waals surface area contributed by atoms with E-state index in [4.69, 9.17) is 5.26 Å². The Hall–Kier alpha value is -2.40. The lowest BCUT2D eigenvalue weighted by Gasteiger charge is -2.39. The van der Waals surface area contributed by atoms with Gasteiger partial charge in [-0.2, -0.15) is 5.26 Å². The molecule has 1 aliphatic heterocycles. The van der Waals surface area contributed by atoms with Gasteiger partial charge in [0.2, 0.25) is 10.0 Å². The van der Waals surface area contributed by atoms with Gasteiger partial charge in [0.1, 0.15) is 0 Å². The molecule has 0 amide bonds. The number of anilines is 1. The van der Waals surface area contributed by atoms with E-state index in [1.54, 1.807) is 12.1 Å². The second-order valence-corrected chi connectivity index (χ2v) is 8.47. The molecule has 1 aliphatic rings. The van der Waals surface area contributed by atoms with E-state index in [1.807, 2.05) is 31.2 Å². The summed E-state index contributed by atoms with van der Waals surface area (Å²) in [4.78, 5) is 4.77. The van der Waals surface area contributed by atoms with Crippen LogP contribution in [0.4, 0.5) is 5.69 Å². The lowest BCUT2D eigenvalue weighted by atomic mass is 10.2. The molecule has 1 unspecified atom stereocenters. The van der Waals surface area contributed by atoms with Crippen LogP contribution >= 0.6 is 0 Å². The Labute approximate surface area is 161 Å². The van der Waals surface area contributed by atoms with E-state index in [-0.39, 0.29) is 10.9 Å². The van der Waals surface area contributed by atoms with Crippen molar-refractivity contribution in [3.63, 3.8) is 0 Å². The number of benzene rings is 2. The highest BCUT2D eigenvalue weighted by Gasteiger charge is 2.23. The summed E-state index contributed by atoms with van der Waals surface area (Å²) >= 11 is 0. The highest BCUT2D eigenvalue weighted by atomic mass is 32.2. The maximum Gasteiger partial charge on any atom is 0.240 e. The zero-order valence-electron chi connectivity index (χ0n) is 15.4. The Morgan fingerprint density at radius 2 is 1.78 bits per heavy atom. The van der Waals surface area contributed by atoms with Crippen molar-refractivity contribution in [3.05, 3.63) is 60.2 Å². The zero-order chi connectivity index (χ0) is 19.3. The Kier molecular flexibility index (Phi) is 6.11. The van der Waals surface area contributed by atoms with Gasteiger partial charge in [-0.1, -0.05) is 24.3 Å². The molecule has 0 spiro atoms. The zero-order valence-corrected chi connectivity index (χ0v) is 16.2. The molecule has 1 fully saturated rings. The van der Waals surface area contributed by atoms with Crippen LogP contribution in [0, 0.1) is 11.3 Å². The van der Waals surface area contributed by atoms with Gasteiger partial charge in [0.05, 0.1) is 16.5 Å². The van der Waals surface area contributed by atoms with Gasteiger partial charge in [0, 0.05) is 44.5 Å². The second-order valence-electron chi connectivity index (χ2n) is 6.70. The van der Waals surface area contributed by atoms with Gasteiger partial charge < -0.3 is 4.90 Å². The molecule has 0 radical (unpaired) electrons. The average molecular weight is 385 g/mol. The Morgan fingerprint density at radius 3 is 2.44 bits per heavy atom. The predicted octanol–water partition coefficient (Wildman–Crippen LogP) is 2.05. The summed E-state index contributed by atoms with van der Waals surface area (Å²) in [7, 11) is -3.62. The van der Waals surface area contributed by atoms with Crippen LogP contribution < -0.4 is 9.62 Å². The minimum atomic E-state index is -3.62. The molecule has 2 aromatic carbocycles. The molecule has 1 N–H and O–H groups in total. The molecule has 1 atom stereocenters. The van der Waals surface area contributed by atoms with Crippen molar-refractivity contribution in [1.82, 2.24) is 9.62 Å². The van der Waals surface area contributed by atoms with Gasteiger partial charge in [0.25, 0.3) is 0 Å². The van der Waals surface area contributed by atoms with Gasteiger partial charge >= 0.3 is 0 Å². The Bertz CT molecular complexity index is 901. The van der Waals surface area contributed by atoms with Gasteiger partial charge in [-0.15, -0.1) is 0 Å². The van der Waals surface area contributed by atoms with Crippen LogP contribution in [0.3, 0.4) is 0 Å². The molecule has 6 nitrogen and oxygen atoms in total. The minimum Gasteiger partial charge on any atom is -0.369 e. The van der Waals surface area contributed by atoms with Crippen molar-refractivity contribution in [1.29, 1.82) is 5.26 Å². The fourth-order valence-electron chi connectivity index (χ4n) is 3.24. The minimum absolute atomic E-state index is 0.0943. The number of nitrogens with one attached hydrogen (secondary N) is 1. The normalized spacial score (nSPS) is 16.7.